The van der Waals surface area contributed by atoms with E-state index in [2.05, 4.69) is 12.2 Å². The maximum absolute atomic E-state index is 9.90. The van der Waals surface area contributed by atoms with Gasteiger partial charge in [-0.15, -0.1) is 0 Å². The zero-order chi connectivity index (χ0) is 12.4. The molecule has 0 saturated heterocycles. The molecular formula is C7H13NO6S. The van der Waals surface area contributed by atoms with Gasteiger partial charge >= 0.3 is 0 Å². The quantitative estimate of drug-likeness (QED) is 0.174. The summed E-state index contributed by atoms with van der Waals surface area (Å²) in [5, 5.41) is 50.9. The van der Waals surface area contributed by atoms with E-state index in [9.17, 15) is 4.79 Å². The molecule has 0 aromatic rings. The second kappa shape index (κ2) is 9.81. The Morgan fingerprint density at radius 3 is 1.93 bits per heavy atom. The molecule has 0 aliphatic rings. The van der Waals surface area contributed by atoms with Crippen LogP contribution in [-0.4, -0.2) is 68.0 Å². The number of hydrogen-bond donors (Lipinski definition) is 6. The molecule has 4 atom stereocenters. The number of aliphatic hydroxyl groups excluding tert-OH is 5. The summed E-state index contributed by atoms with van der Waals surface area (Å²) < 4.78 is 0. The van der Waals surface area contributed by atoms with E-state index in [1.54, 1.807) is 5.16 Å². The van der Waals surface area contributed by atoms with Gasteiger partial charge in [-0.25, -0.2) is 5.41 Å². The molecule has 0 rings (SSSR count). The summed E-state index contributed by atoms with van der Waals surface area (Å²) in [6.45, 7) is -0.760. The number of aliphatic hydroxyl groups is 5. The Morgan fingerprint density at radius 2 is 1.67 bits per heavy atom. The van der Waals surface area contributed by atoms with E-state index in [0.29, 0.717) is 0 Å². The van der Waals surface area contributed by atoms with Crippen LogP contribution in [0.25, 0.3) is 0 Å². The monoisotopic (exact) mass is 239 g/mol. The van der Waals surface area contributed by atoms with Crippen LogP contribution in [0.15, 0.2) is 0 Å². The predicted octanol–water partition coefficient (Wildman–Crippen LogP) is -2.71. The average Bonchev–Trinajstić information content (AvgIpc) is 2.25. The highest BCUT2D eigenvalue weighted by Crippen LogP contribution is 2.02. The van der Waals surface area contributed by atoms with Gasteiger partial charge in [0.2, 0.25) is 0 Å². The van der Waals surface area contributed by atoms with Crippen LogP contribution in [0, 0.1) is 5.41 Å². The summed E-state index contributed by atoms with van der Waals surface area (Å²) in [5.41, 5.74) is 0. The summed E-state index contributed by atoms with van der Waals surface area (Å²) in [4.78, 5) is 9.90. The second-order valence-corrected chi connectivity index (χ2v) is 2.66. The normalized spacial score (nSPS) is 17.4. The van der Waals surface area contributed by atoms with Gasteiger partial charge < -0.3 is 30.3 Å². The van der Waals surface area contributed by atoms with Crippen molar-refractivity contribution < 1.29 is 30.3 Å². The first kappa shape index (κ1) is 16.7. The van der Waals surface area contributed by atoms with Crippen molar-refractivity contribution in [3.8, 4) is 0 Å². The first-order chi connectivity index (χ1) is 6.95. The van der Waals surface area contributed by atoms with E-state index in [1.807, 2.05) is 0 Å². The van der Waals surface area contributed by atoms with Crippen molar-refractivity contribution in [2.75, 3.05) is 6.61 Å². The second-order valence-electron chi connectivity index (χ2n) is 2.46. The topological polar surface area (TPSA) is 142 Å². The highest BCUT2D eigenvalue weighted by Gasteiger charge is 2.29. The fourth-order valence-electron chi connectivity index (χ4n) is 0.618. The van der Waals surface area contributed by atoms with E-state index in [1.165, 1.54) is 0 Å². The molecule has 88 valence electrons. The fraction of sp³-hybridized carbons (Fsp3) is 0.714. The Morgan fingerprint density at radius 1 is 1.27 bits per heavy atom. The number of carbonyl (C=O) groups is 1. The summed E-state index contributed by atoms with van der Waals surface area (Å²) in [7, 11) is 0. The van der Waals surface area contributed by atoms with E-state index in [4.69, 9.17) is 30.9 Å². The lowest BCUT2D eigenvalue weighted by Crippen LogP contribution is -2.46. The van der Waals surface area contributed by atoms with Crippen LogP contribution in [0.3, 0.4) is 0 Å². The maximum atomic E-state index is 9.90. The van der Waals surface area contributed by atoms with Crippen LogP contribution in [0.1, 0.15) is 0 Å². The third kappa shape index (κ3) is 7.23. The van der Waals surface area contributed by atoms with Crippen LogP contribution in [0.5, 0.6) is 0 Å². The van der Waals surface area contributed by atoms with Crippen molar-refractivity contribution in [1.29, 1.82) is 5.41 Å². The van der Waals surface area contributed by atoms with Crippen LogP contribution in [0.4, 0.5) is 0 Å². The molecule has 0 aromatic carbocycles. The first-order valence-corrected chi connectivity index (χ1v) is 4.19. The van der Waals surface area contributed by atoms with Gasteiger partial charge in [-0.05, 0) is 12.2 Å². The summed E-state index contributed by atoms with van der Waals surface area (Å²) in [6, 6.07) is 0. The number of nitrogens with one attached hydrogen (secondary N) is 1. The molecule has 0 aromatic heterocycles. The van der Waals surface area contributed by atoms with Crippen molar-refractivity contribution in [1.82, 2.24) is 0 Å². The minimum Gasteiger partial charge on any atom is -0.394 e. The lowest BCUT2D eigenvalue weighted by molar-refractivity contribution is -0.136. The summed E-state index contributed by atoms with van der Waals surface area (Å²) in [5.74, 6) is 0. The third-order valence-electron chi connectivity index (χ3n) is 1.42. The Balaban J connectivity index is 0. The molecule has 0 saturated carbocycles. The molecule has 7 nitrogen and oxygen atoms in total. The number of thiocarbonyl (C=S) groups is 1. The minimum atomic E-state index is -1.79. The van der Waals surface area contributed by atoms with Crippen LogP contribution >= 0.6 is 12.2 Å². The highest BCUT2D eigenvalue weighted by atomic mass is 32.1. The molecule has 0 fully saturated rings. The van der Waals surface area contributed by atoms with E-state index < -0.39 is 31.0 Å². The van der Waals surface area contributed by atoms with Gasteiger partial charge in [0, 0.05) is 0 Å². The van der Waals surface area contributed by atoms with Gasteiger partial charge in [0.1, 0.15) is 24.4 Å². The van der Waals surface area contributed by atoms with E-state index in [0.717, 1.165) is 0 Å². The number of hydrogen-bond acceptors (Lipinski definition) is 8. The van der Waals surface area contributed by atoms with Crippen molar-refractivity contribution in [3.05, 3.63) is 0 Å². The number of rotatable bonds is 5. The number of aldehydes is 1. The molecule has 0 amide bonds. The van der Waals surface area contributed by atoms with Crippen molar-refractivity contribution >= 4 is 23.7 Å². The number of carbonyl (C=O) groups excluding carboxylic acids is 1. The molecule has 0 bridgehead atoms. The molecule has 0 spiro atoms. The van der Waals surface area contributed by atoms with Crippen LogP contribution in [-0.2, 0) is 4.79 Å². The lowest BCUT2D eigenvalue weighted by Gasteiger charge is -2.22. The standard InChI is InChI=1S/C6H12O6.CHNS/c7-1-3(9)5(11)6(12)4(10)2-8;2-1-3/h1,3-6,8-12H,2H2;2H. The zero-order valence-corrected chi connectivity index (χ0v) is 8.46. The van der Waals surface area contributed by atoms with Crippen molar-refractivity contribution in [3.63, 3.8) is 0 Å². The van der Waals surface area contributed by atoms with Crippen LogP contribution in [0.2, 0.25) is 0 Å². The van der Waals surface area contributed by atoms with Crippen molar-refractivity contribution in [2.45, 2.75) is 24.4 Å². The average molecular weight is 239 g/mol. The zero-order valence-electron chi connectivity index (χ0n) is 7.65. The first-order valence-electron chi connectivity index (χ1n) is 3.78. The van der Waals surface area contributed by atoms with Gasteiger partial charge in [0.25, 0.3) is 0 Å². The van der Waals surface area contributed by atoms with Gasteiger partial charge in [-0.1, -0.05) is 0 Å². The molecular weight excluding hydrogens is 226 g/mol. The number of isothiocyanates is 1. The Hall–Kier alpha value is -0.730. The van der Waals surface area contributed by atoms with Gasteiger partial charge in [0.15, 0.2) is 6.29 Å². The molecule has 6 N–H and O–H groups in total. The molecule has 0 aliphatic heterocycles. The summed E-state index contributed by atoms with van der Waals surface area (Å²) in [6.07, 6.45) is -6.84. The van der Waals surface area contributed by atoms with E-state index in [-0.39, 0.29) is 6.29 Å². The molecule has 8 heteroatoms. The SMILES string of the molecule is N=C=S.O=CC(O)C(O)C(O)C(O)CO. The fourth-order valence-corrected chi connectivity index (χ4v) is 0.618. The van der Waals surface area contributed by atoms with E-state index >= 15 is 0 Å². The van der Waals surface area contributed by atoms with Gasteiger partial charge in [0.05, 0.1) is 11.8 Å². The van der Waals surface area contributed by atoms with Crippen molar-refractivity contribution in [2.24, 2.45) is 0 Å². The van der Waals surface area contributed by atoms with Gasteiger partial charge in [-0.3, -0.25) is 0 Å². The highest BCUT2D eigenvalue weighted by molar-refractivity contribution is 7.78. The largest absolute Gasteiger partial charge is 0.394 e. The molecule has 0 heterocycles. The Bertz CT molecular complexity index is 208. The Kier molecular flexibility index (Phi) is 10.9. The third-order valence-corrected chi connectivity index (χ3v) is 1.42. The molecule has 15 heavy (non-hydrogen) atoms. The van der Waals surface area contributed by atoms with Gasteiger partial charge in [-0.2, -0.15) is 0 Å². The minimum absolute atomic E-state index is 0.0258. The Labute approximate surface area is 91.1 Å². The maximum Gasteiger partial charge on any atom is 0.151 e. The smallest absolute Gasteiger partial charge is 0.151 e. The molecule has 0 radical (unpaired) electrons. The predicted molar refractivity (Wildman–Crippen MR) is 52.5 cm³/mol. The summed E-state index contributed by atoms with van der Waals surface area (Å²) >= 11 is 3.81. The molecule has 4 unspecified atom stereocenters. The molecule has 0 aliphatic carbocycles. The lowest BCUT2D eigenvalue weighted by atomic mass is 10.0. The van der Waals surface area contributed by atoms with Crippen LogP contribution < -0.4 is 0 Å².